The Morgan fingerprint density at radius 2 is 1.86 bits per heavy atom. The van der Waals surface area contributed by atoms with Crippen molar-refractivity contribution in [3.8, 4) is 0 Å². The molecule has 0 aromatic rings. The van der Waals surface area contributed by atoms with Gasteiger partial charge in [0.25, 0.3) is 0 Å². The van der Waals surface area contributed by atoms with Crippen LogP contribution in [0, 0.1) is 11.8 Å². The maximum Gasteiger partial charge on any atom is 0.00695 e. The van der Waals surface area contributed by atoms with Crippen molar-refractivity contribution in [3.05, 3.63) is 0 Å². The summed E-state index contributed by atoms with van der Waals surface area (Å²) in [7, 11) is 0. The van der Waals surface area contributed by atoms with E-state index in [-0.39, 0.29) is 0 Å². The van der Waals surface area contributed by atoms with Crippen LogP contribution in [0.5, 0.6) is 0 Å². The Morgan fingerprint density at radius 1 is 1.29 bits per heavy atom. The molecule has 1 heterocycles. The summed E-state index contributed by atoms with van der Waals surface area (Å²) in [6.45, 7) is 15.9. The van der Waals surface area contributed by atoms with Gasteiger partial charge in [0.1, 0.15) is 0 Å². The lowest BCUT2D eigenvalue weighted by molar-refractivity contribution is 0.109. The summed E-state index contributed by atoms with van der Waals surface area (Å²) in [5.74, 6) is 1.86. The van der Waals surface area contributed by atoms with Crippen LogP contribution in [0.2, 0.25) is 0 Å². The largest absolute Gasteiger partial charge is 0.301 e. The van der Waals surface area contributed by atoms with E-state index in [4.69, 9.17) is 0 Å². The molecule has 0 bridgehead atoms. The molecule has 1 rings (SSSR count). The average Bonchev–Trinajstić information content (AvgIpc) is 2.20. The van der Waals surface area contributed by atoms with Gasteiger partial charge in [0.2, 0.25) is 0 Å². The van der Waals surface area contributed by atoms with E-state index in [1.807, 2.05) is 13.8 Å². The van der Waals surface area contributed by atoms with Crippen LogP contribution in [0.3, 0.4) is 0 Å². The molecule has 2 atom stereocenters. The predicted octanol–water partition coefficient (Wildman–Crippen LogP) is 3.79. The summed E-state index contributed by atoms with van der Waals surface area (Å²) < 4.78 is 0. The third-order valence-corrected chi connectivity index (χ3v) is 3.40. The highest BCUT2D eigenvalue weighted by Gasteiger charge is 2.25. The van der Waals surface area contributed by atoms with Crippen molar-refractivity contribution in [2.75, 3.05) is 13.1 Å². The van der Waals surface area contributed by atoms with Crippen LogP contribution in [-0.2, 0) is 0 Å². The molecule has 1 nitrogen and oxygen atoms in total. The SMILES string of the molecule is CC.CCN1CCC(C(C)C)CC1C. The van der Waals surface area contributed by atoms with Crippen LogP contribution in [-0.4, -0.2) is 24.0 Å². The lowest BCUT2D eigenvalue weighted by atomic mass is 9.83. The van der Waals surface area contributed by atoms with Gasteiger partial charge in [-0.15, -0.1) is 0 Å². The van der Waals surface area contributed by atoms with Gasteiger partial charge in [0.05, 0.1) is 0 Å². The lowest BCUT2D eigenvalue weighted by Gasteiger charge is -2.38. The predicted molar refractivity (Wildman–Crippen MR) is 65.6 cm³/mol. The molecule has 0 aromatic carbocycles. The minimum Gasteiger partial charge on any atom is -0.301 e. The maximum atomic E-state index is 2.60. The number of hydrogen-bond donors (Lipinski definition) is 0. The zero-order valence-electron chi connectivity index (χ0n) is 11.0. The van der Waals surface area contributed by atoms with Crippen molar-refractivity contribution in [1.82, 2.24) is 4.90 Å². The molecular formula is C13H29N. The van der Waals surface area contributed by atoms with Gasteiger partial charge in [0, 0.05) is 6.04 Å². The maximum absolute atomic E-state index is 2.60. The Kier molecular flexibility index (Phi) is 7.26. The number of piperidine rings is 1. The van der Waals surface area contributed by atoms with Gasteiger partial charge in [-0.3, -0.25) is 0 Å². The second-order valence-electron chi connectivity index (χ2n) is 4.51. The third-order valence-electron chi connectivity index (χ3n) is 3.40. The molecule has 2 unspecified atom stereocenters. The first-order valence-electron chi connectivity index (χ1n) is 6.39. The quantitative estimate of drug-likeness (QED) is 0.654. The molecule has 0 N–H and O–H groups in total. The molecule has 0 saturated carbocycles. The van der Waals surface area contributed by atoms with E-state index in [1.165, 1.54) is 25.9 Å². The van der Waals surface area contributed by atoms with Gasteiger partial charge in [-0.05, 0) is 44.7 Å². The first kappa shape index (κ1) is 14.0. The number of nitrogens with zero attached hydrogens (tertiary/aromatic N) is 1. The van der Waals surface area contributed by atoms with Crippen molar-refractivity contribution in [2.45, 2.75) is 60.4 Å². The molecule has 0 aliphatic carbocycles. The van der Waals surface area contributed by atoms with Crippen molar-refractivity contribution in [3.63, 3.8) is 0 Å². The second kappa shape index (κ2) is 7.28. The highest BCUT2D eigenvalue weighted by atomic mass is 15.1. The molecule has 1 saturated heterocycles. The fraction of sp³-hybridized carbons (Fsp3) is 1.00. The Balaban J connectivity index is 0.000000791. The van der Waals surface area contributed by atoms with Gasteiger partial charge >= 0.3 is 0 Å². The zero-order valence-corrected chi connectivity index (χ0v) is 11.0. The molecular weight excluding hydrogens is 170 g/mol. The molecule has 1 fully saturated rings. The normalized spacial score (nSPS) is 28.5. The van der Waals surface area contributed by atoms with Crippen LogP contribution in [0.15, 0.2) is 0 Å². The lowest BCUT2D eigenvalue weighted by Crippen LogP contribution is -2.41. The van der Waals surface area contributed by atoms with Crippen LogP contribution in [0.4, 0.5) is 0 Å². The number of hydrogen-bond acceptors (Lipinski definition) is 1. The molecule has 0 aromatic heterocycles. The molecule has 0 amide bonds. The van der Waals surface area contributed by atoms with E-state index < -0.39 is 0 Å². The van der Waals surface area contributed by atoms with Crippen molar-refractivity contribution in [2.24, 2.45) is 11.8 Å². The first-order chi connectivity index (χ1) is 6.65. The monoisotopic (exact) mass is 199 g/mol. The van der Waals surface area contributed by atoms with E-state index in [0.29, 0.717) is 0 Å². The van der Waals surface area contributed by atoms with Crippen molar-refractivity contribution >= 4 is 0 Å². The molecule has 0 radical (unpaired) electrons. The highest BCUT2D eigenvalue weighted by Crippen LogP contribution is 2.27. The molecule has 1 aliphatic rings. The standard InChI is InChI=1S/C11H23N.C2H6/c1-5-12-7-6-11(9(2)3)8-10(12)4;1-2/h9-11H,5-8H2,1-4H3;1-2H3. The fourth-order valence-electron chi connectivity index (χ4n) is 2.33. The van der Waals surface area contributed by atoms with Gasteiger partial charge < -0.3 is 4.90 Å². The highest BCUT2D eigenvalue weighted by molar-refractivity contribution is 4.79. The Hall–Kier alpha value is -0.0400. The minimum atomic E-state index is 0.816. The average molecular weight is 199 g/mol. The Bertz CT molecular complexity index is 131. The first-order valence-corrected chi connectivity index (χ1v) is 6.39. The molecule has 1 heteroatoms. The van der Waals surface area contributed by atoms with Gasteiger partial charge in [-0.25, -0.2) is 0 Å². The fourth-order valence-corrected chi connectivity index (χ4v) is 2.33. The summed E-state index contributed by atoms with van der Waals surface area (Å²) in [6, 6.07) is 0.816. The van der Waals surface area contributed by atoms with Crippen molar-refractivity contribution < 1.29 is 0 Å². The van der Waals surface area contributed by atoms with Crippen LogP contribution in [0.1, 0.15) is 54.4 Å². The Labute approximate surface area is 90.9 Å². The topological polar surface area (TPSA) is 3.24 Å². The smallest absolute Gasteiger partial charge is 0.00695 e. The summed E-state index contributed by atoms with van der Waals surface area (Å²) in [6.07, 6.45) is 2.82. The van der Waals surface area contributed by atoms with E-state index in [0.717, 1.165) is 17.9 Å². The summed E-state index contributed by atoms with van der Waals surface area (Å²) in [5, 5.41) is 0. The minimum absolute atomic E-state index is 0.816. The summed E-state index contributed by atoms with van der Waals surface area (Å²) in [5.41, 5.74) is 0. The number of likely N-dealkylation sites (tertiary alicyclic amines) is 1. The third kappa shape index (κ3) is 4.00. The van der Waals surface area contributed by atoms with E-state index in [1.54, 1.807) is 0 Å². The van der Waals surface area contributed by atoms with Crippen LogP contribution in [0.25, 0.3) is 0 Å². The second-order valence-corrected chi connectivity index (χ2v) is 4.51. The van der Waals surface area contributed by atoms with Gasteiger partial charge in [-0.2, -0.15) is 0 Å². The molecule has 14 heavy (non-hydrogen) atoms. The molecule has 86 valence electrons. The van der Waals surface area contributed by atoms with Crippen molar-refractivity contribution in [1.29, 1.82) is 0 Å². The number of rotatable bonds is 2. The summed E-state index contributed by atoms with van der Waals surface area (Å²) in [4.78, 5) is 2.60. The molecule has 1 aliphatic heterocycles. The van der Waals surface area contributed by atoms with E-state index in [9.17, 15) is 0 Å². The zero-order chi connectivity index (χ0) is 11.1. The summed E-state index contributed by atoms with van der Waals surface area (Å²) >= 11 is 0. The van der Waals surface area contributed by atoms with Crippen LogP contribution < -0.4 is 0 Å². The Morgan fingerprint density at radius 3 is 2.21 bits per heavy atom. The van der Waals surface area contributed by atoms with E-state index in [2.05, 4.69) is 32.6 Å². The van der Waals surface area contributed by atoms with Gasteiger partial charge in [-0.1, -0.05) is 34.6 Å². The molecule has 0 spiro atoms. The van der Waals surface area contributed by atoms with Gasteiger partial charge in [0.15, 0.2) is 0 Å². The van der Waals surface area contributed by atoms with E-state index >= 15 is 0 Å². The van der Waals surface area contributed by atoms with Crippen LogP contribution >= 0.6 is 0 Å².